The minimum atomic E-state index is -0.746. The zero-order valence-corrected chi connectivity index (χ0v) is 14.8. The van der Waals surface area contributed by atoms with E-state index in [1.54, 1.807) is 13.8 Å². The second-order valence-corrected chi connectivity index (χ2v) is 5.79. The van der Waals surface area contributed by atoms with Crippen molar-refractivity contribution in [2.45, 2.75) is 44.7 Å². The molecule has 1 aromatic rings. The molecule has 0 bridgehead atoms. The third-order valence-electron chi connectivity index (χ3n) is 4.08. The van der Waals surface area contributed by atoms with E-state index in [0.717, 1.165) is 5.56 Å². The van der Waals surface area contributed by atoms with Gasteiger partial charge in [-0.15, -0.1) is 0 Å². The number of hydrogen-bond donors (Lipinski definition) is 4. The van der Waals surface area contributed by atoms with Gasteiger partial charge in [0.25, 0.3) is 0 Å². The summed E-state index contributed by atoms with van der Waals surface area (Å²) < 4.78 is 0. The van der Waals surface area contributed by atoms with Gasteiger partial charge in [-0.2, -0.15) is 0 Å². The van der Waals surface area contributed by atoms with E-state index in [-0.39, 0.29) is 31.2 Å². The molecule has 0 saturated carbocycles. The van der Waals surface area contributed by atoms with Crippen LogP contribution in [-0.4, -0.2) is 42.8 Å². The summed E-state index contributed by atoms with van der Waals surface area (Å²) >= 11 is 0. The Balaban J connectivity index is 2.77. The predicted molar refractivity (Wildman–Crippen MR) is 96.7 cm³/mol. The molecule has 7 nitrogen and oxygen atoms in total. The van der Waals surface area contributed by atoms with Gasteiger partial charge in [0.2, 0.25) is 11.8 Å². The molecular weight excluding hydrogens is 320 g/mol. The molecule has 2 amide bonds. The molecule has 1 rings (SSSR count). The van der Waals surface area contributed by atoms with E-state index >= 15 is 0 Å². The molecule has 0 fully saturated rings. The van der Waals surface area contributed by atoms with Gasteiger partial charge >= 0.3 is 0 Å². The Bertz CT molecular complexity index is 577. The van der Waals surface area contributed by atoms with Crippen molar-refractivity contribution in [3.63, 3.8) is 0 Å². The van der Waals surface area contributed by atoms with Crippen LogP contribution in [0.1, 0.15) is 38.2 Å². The molecule has 0 aliphatic rings. The normalized spacial score (nSPS) is 14.2. The van der Waals surface area contributed by atoms with Gasteiger partial charge in [0.1, 0.15) is 6.04 Å². The number of nitrogens with two attached hydrogens (primary N) is 2. The van der Waals surface area contributed by atoms with E-state index in [1.165, 1.54) is 0 Å². The highest BCUT2D eigenvalue weighted by Gasteiger charge is 2.27. The van der Waals surface area contributed by atoms with Crippen LogP contribution in [0.15, 0.2) is 30.3 Å². The van der Waals surface area contributed by atoms with Crippen molar-refractivity contribution >= 4 is 17.6 Å². The number of benzene rings is 1. The molecule has 0 saturated heterocycles. The lowest BCUT2D eigenvalue weighted by Crippen LogP contribution is -2.54. The summed E-state index contributed by atoms with van der Waals surface area (Å²) in [5.74, 6) is -1.41. The number of nitrogens with one attached hydrogen (secondary N) is 2. The van der Waals surface area contributed by atoms with Gasteiger partial charge in [-0.3, -0.25) is 14.4 Å². The van der Waals surface area contributed by atoms with Crippen LogP contribution in [0.4, 0.5) is 0 Å². The molecular formula is C18H28N4O3. The van der Waals surface area contributed by atoms with Crippen LogP contribution in [0.25, 0.3) is 0 Å². The molecule has 7 heteroatoms. The first kappa shape index (κ1) is 20.8. The van der Waals surface area contributed by atoms with E-state index in [1.807, 2.05) is 30.3 Å². The summed E-state index contributed by atoms with van der Waals surface area (Å²) in [5.41, 5.74) is 12.1. The zero-order chi connectivity index (χ0) is 18.8. The van der Waals surface area contributed by atoms with Crippen molar-refractivity contribution in [2.24, 2.45) is 11.5 Å². The summed E-state index contributed by atoms with van der Waals surface area (Å²) in [5, 5.41) is 5.33. The Labute approximate surface area is 148 Å². The minimum absolute atomic E-state index is 0.0260. The van der Waals surface area contributed by atoms with E-state index in [2.05, 4.69) is 10.6 Å². The molecule has 0 aromatic heterocycles. The summed E-state index contributed by atoms with van der Waals surface area (Å²) in [6.45, 7) is 3.65. The first-order chi connectivity index (χ1) is 12.0. The summed E-state index contributed by atoms with van der Waals surface area (Å²) in [7, 11) is 0. The maximum Gasteiger partial charge on any atom is 0.243 e. The van der Waals surface area contributed by atoms with Crippen molar-refractivity contribution in [3.8, 4) is 0 Å². The lowest BCUT2D eigenvalue weighted by atomic mass is 9.97. The number of ketones is 1. The Morgan fingerprint density at radius 3 is 2.00 bits per heavy atom. The van der Waals surface area contributed by atoms with Crippen molar-refractivity contribution in [2.75, 3.05) is 13.1 Å². The Hall–Kier alpha value is -2.25. The van der Waals surface area contributed by atoms with Crippen LogP contribution in [0, 0.1) is 0 Å². The number of carbonyl (C=O) groups excluding carboxylic acids is 3. The van der Waals surface area contributed by atoms with Gasteiger partial charge in [-0.25, -0.2) is 0 Å². The molecule has 1 aromatic carbocycles. The van der Waals surface area contributed by atoms with E-state index < -0.39 is 23.9 Å². The Morgan fingerprint density at radius 1 is 0.920 bits per heavy atom. The molecule has 3 atom stereocenters. The fourth-order valence-corrected chi connectivity index (χ4v) is 2.49. The number of rotatable bonds is 10. The van der Waals surface area contributed by atoms with Gasteiger partial charge in [0.05, 0.1) is 12.0 Å². The molecule has 0 spiro atoms. The van der Waals surface area contributed by atoms with Crippen molar-refractivity contribution in [1.82, 2.24) is 10.6 Å². The van der Waals surface area contributed by atoms with Crippen LogP contribution in [-0.2, 0) is 14.4 Å². The molecule has 0 aliphatic carbocycles. The monoisotopic (exact) mass is 348 g/mol. The van der Waals surface area contributed by atoms with Gasteiger partial charge in [-0.05, 0) is 12.0 Å². The van der Waals surface area contributed by atoms with Crippen LogP contribution in [0.2, 0.25) is 0 Å². The topological polar surface area (TPSA) is 127 Å². The van der Waals surface area contributed by atoms with Crippen LogP contribution >= 0.6 is 0 Å². The lowest BCUT2D eigenvalue weighted by molar-refractivity contribution is -0.131. The lowest BCUT2D eigenvalue weighted by Gasteiger charge is -2.23. The first-order valence-corrected chi connectivity index (χ1v) is 8.56. The molecule has 0 aliphatic heterocycles. The highest BCUT2D eigenvalue weighted by Crippen LogP contribution is 2.14. The van der Waals surface area contributed by atoms with Gasteiger partial charge in [-0.1, -0.05) is 44.2 Å². The van der Waals surface area contributed by atoms with E-state index in [9.17, 15) is 14.4 Å². The molecule has 0 heterocycles. The second-order valence-electron chi connectivity index (χ2n) is 5.79. The highest BCUT2D eigenvalue weighted by molar-refractivity contribution is 5.94. The number of amides is 2. The molecule has 25 heavy (non-hydrogen) atoms. The van der Waals surface area contributed by atoms with Crippen molar-refractivity contribution < 1.29 is 14.4 Å². The number of hydrogen-bond acceptors (Lipinski definition) is 5. The van der Waals surface area contributed by atoms with Crippen molar-refractivity contribution in [3.05, 3.63) is 35.9 Å². The Kier molecular flexibility index (Phi) is 8.80. The second kappa shape index (κ2) is 10.6. The molecule has 138 valence electrons. The summed E-state index contributed by atoms with van der Waals surface area (Å²) in [6, 6.07) is 7.68. The molecule has 0 radical (unpaired) electrons. The largest absolute Gasteiger partial charge is 0.344 e. The highest BCUT2D eigenvalue weighted by atomic mass is 16.2. The molecule has 6 N–H and O–H groups in total. The summed E-state index contributed by atoms with van der Waals surface area (Å²) in [6.07, 6.45) is 0.676. The van der Waals surface area contributed by atoms with Gasteiger partial charge in [0.15, 0.2) is 5.78 Å². The fourth-order valence-electron chi connectivity index (χ4n) is 2.49. The average molecular weight is 348 g/mol. The SMILES string of the molecule is CCC(=O)[C@H](CN)NC(=O)[C@H](CC)NC(=O)C(CN)c1ccccc1. The van der Waals surface area contributed by atoms with E-state index in [4.69, 9.17) is 11.5 Å². The third kappa shape index (κ3) is 5.95. The molecule has 1 unspecified atom stereocenters. The fraction of sp³-hybridized carbons (Fsp3) is 0.500. The van der Waals surface area contributed by atoms with Crippen LogP contribution < -0.4 is 22.1 Å². The number of Topliss-reactive ketones (excluding diaryl/α,β-unsaturated/α-hetero) is 1. The minimum Gasteiger partial charge on any atom is -0.344 e. The smallest absolute Gasteiger partial charge is 0.243 e. The van der Waals surface area contributed by atoms with Crippen molar-refractivity contribution in [1.29, 1.82) is 0 Å². The number of carbonyl (C=O) groups is 3. The average Bonchev–Trinajstić information content (AvgIpc) is 2.64. The predicted octanol–water partition coefficient (Wildman–Crippen LogP) is 0.0463. The Morgan fingerprint density at radius 2 is 1.52 bits per heavy atom. The zero-order valence-electron chi connectivity index (χ0n) is 14.8. The van der Waals surface area contributed by atoms with Crippen LogP contribution in [0.3, 0.4) is 0 Å². The summed E-state index contributed by atoms with van der Waals surface area (Å²) in [4.78, 5) is 36.7. The van der Waals surface area contributed by atoms with Crippen LogP contribution in [0.5, 0.6) is 0 Å². The quantitative estimate of drug-likeness (QED) is 0.475. The van der Waals surface area contributed by atoms with E-state index in [0.29, 0.717) is 6.42 Å². The maximum atomic E-state index is 12.5. The maximum absolute atomic E-state index is 12.5. The standard InChI is InChI=1S/C18H28N4O3/c1-3-14(18(25)22-15(11-20)16(23)4-2)21-17(24)13(10-19)12-8-6-5-7-9-12/h5-9,13-15H,3-4,10-11,19-20H2,1-2H3,(H,21,24)(H,22,25)/t13?,14-,15-/m0/s1. The first-order valence-electron chi connectivity index (χ1n) is 8.56. The van der Waals surface area contributed by atoms with Gasteiger partial charge < -0.3 is 22.1 Å². The third-order valence-corrected chi connectivity index (χ3v) is 4.08. The van der Waals surface area contributed by atoms with Gasteiger partial charge in [0, 0.05) is 19.5 Å².